The Labute approximate surface area is 206 Å². The lowest BCUT2D eigenvalue weighted by Gasteiger charge is -2.32. The van der Waals surface area contributed by atoms with Crippen LogP contribution in [0.2, 0.25) is 0 Å². The Morgan fingerprint density at radius 3 is 2.46 bits per heavy atom. The van der Waals surface area contributed by atoms with Crippen molar-refractivity contribution < 1.29 is 24.1 Å². The Hall–Kier alpha value is -2.46. The quantitative estimate of drug-likeness (QED) is 0.406. The summed E-state index contributed by atoms with van der Waals surface area (Å²) in [6.07, 6.45) is 4.44. The predicted molar refractivity (Wildman–Crippen MR) is 132 cm³/mol. The number of rotatable bonds is 14. The van der Waals surface area contributed by atoms with Gasteiger partial charge in [-0.25, -0.2) is 4.79 Å². The van der Waals surface area contributed by atoms with Crippen molar-refractivity contribution in [1.82, 2.24) is 9.13 Å². The van der Waals surface area contributed by atoms with Crippen molar-refractivity contribution in [2.45, 2.75) is 70.4 Å². The second-order valence-corrected chi connectivity index (χ2v) is 8.93. The highest BCUT2D eigenvalue weighted by molar-refractivity contribution is 5.27. The Balaban J connectivity index is 1.86. The molecule has 1 fully saturated rings. The molecule has 0 saturated carbocycles. The van der Waals surface area contributed by atoms with Gasteiger partial charge in [0.2, 0.25) is 0 Å². The second kappa shape index (κ2) is 13.0. The third kappa shape index (κ3) is 6.61. The summed E-state index contributed by atoms with van der Waals surface area (Å²) in [6, 6.07) is 8.56. The first-order valence-electron chi connectivity index (χ1n) is 12.4. The molecule has 1 aromatic heterocycles. The smallest absolute Gasteiger partial charge is 0.333 e. The van der Waals surface area contributed by atoms with Crippen LogP contribution in [-0.4, -0.2) is 59.5 Å². The Morgan fingerprint density at radius 2 is 1.80 bits per heavy atom. The van der Waals surface area contributed by atoms with Crippen molar-refractivity contribution in [2.75, 3.05) is 33.5 Å². The van der Waals surface area contributed by atoms with E-state index in [1.807, 2.05) is 12.1 Å². The van der Waals surface area contributed by atoms with E-state index in [-0.39, 0.29) is 19.8 Å². The van der Waals surface area contributed by atoms with Gasteiger partial charge in [0.1, 0.15) is 17.6 Å². The van der Waals surface area contributed by atoms with E-state index >= 15 is 0 Å². The van der Waals surface area contributed by atoms with Crippen molar-refractivity contribution in [1.29, 1.82) is 0 Å². The van der Waals surface area contributed by atoms with Crippen LogP contribution in [0.3, 0.4) is 0 Å². The average molecular weight is 491 g/mol. The number of aliphatic hydroxyl groups excluding tert-OH is 1. The number of hydrogen-bond acceptors (Lipinski definition) is 7. The molecule has 2 heterocycles. The third-order valence-electron chi connectivity index (χ3n) is 6.35. The maximum Gasteiger partial charge on any atom is 0.333 e. The summed E-state index contributed by atoms with van der Waals surface area (Å²) in [6.45, 7) is 5.23. The first-order valence-corrected chi connectivity index (χ1v) is 12.4. The molecular weight excluding hydrogens is 452 g/mol. The van der Waals surface area contributed by atoms with Crippen molar-refractivity contribution in [3.63, 3.8) is 0 Å². The van der Waals surface area contributed by atoms with Gasteiger partial charge in [-0.05, 0) is 30.5 Å². The van der Waals surface area contributed by atoms with E-state index in [9.17, 15) is 14.7 Å². The number of hydrogen-bond donors (Lipinski definition) is 1. The van der Waals surface area contributed by atoms with Crippen molar-refractivity contribution in [3.05, 3.63) is 62.9 Å². The van der Waals surface area contributed by atoms with Crippen LogP contribution >= 0.6 is 0 Å². The Kier molecular flexibility index (Phi) is 10.1. The largest absolute Gasteiger partial charge is 0.497 e. The fourth-order valence-corrected chi connectivity index (χ4v) is 4.17. The summed E-state index contributed by atoms with van der Waals surface area (Å²) >= 11 is 0. The lowest BCUT2D eigenvalue weighted by molar-refractivity contribution is -0.171. The molecule has 1 saturated heterocycles. The fraction of sp³-hybridized carbons (Fsp3) is 0.615. The second-order valence-electron chi connectivity index (χ2n) is 8.93. The summed E-state index contributed by atoms with van der Waals surface area (Å²) in [7, 11) is 1.58. The molecular formula is C26H38N2O7. The van der Waals surface area contributed by atoms with Gasteiger partial charge in [-0.2, -0.15) is 0 Å². The molecule has 3 atom stereocenters. The molecule has 0 unspecified atom stereocenters. The van der Waals surface area contributed by atoms with Crippen LogP contribution in [0.15, 0.2) is 46.1 Å². The van der Waals surface area contributed by atoms with Gasteiger partial charge < -0.3 is 24.1 Å². The summed E-state index contributed by atoms with van der Waals surface area (Å²) < 4.78 is 26.0. The van der Waals surface area contributed by atoms with Gasteiger partial charge in [-0.3, -0.25) is 13.9 Å². The van der Waals surface area contributed by atoms with E-state index in [0.717, 1.165) is 31.2 Å². The van der Waals surface area contributed by atoms with E-state index in [4.69, 9.17) is 18.9 Å². The minimum absolute atomic E-state index is 0.122. The number of aromatic nitrogens is 2. The van der Waals surface area contributed by atoms with E-state index in [0.29, 0.717) is 25.4 Å². The van der Waals surface area contributed by atoms with Gasteiger partial charge in [-0.1, -0.05) is 38.8 Å². The number of ether oxygens (including phenoxy) is 4. The van der Waals surface area contributed by atoms with Crippen LogP contribution in [0.4, 0.5) is 0 Å². The first kappa shape index (κ1) is 27.1. The van der Waals surface area contributed by atoms with Crippen LogP contribution in [0.5, 0.6) is 5.75 Å². The highest BCUT2D eigenvalue weighted by atomic mass is 16.6. The van der Waals surface area contributed by atoms with Gasteiger partial charge >= 0.3 is 5.69 Å². The minimum Gasteiger partial charge on any atom is -0.497 e. The number of nitrogens with zero attached hydrogens (tertiary/aromatic N) is 2. The number of aliphatic hydroxyl groups is 1. The predicted octanol–water partition coefficient (Wildman–Crippen LogP) is 2.72. The molecule has 9 nitrogen and oxygen atoms in total. The monoisotopic (exact) mass is 490 g/mol. The van der Waals surface area contributed by atoms with Crippen LogP contribution in [-0.2, 0) is 20.8 Å². The lowest BCUT2D eigenvalue weighted by Crippen LogP contribution is -2.49. The molecule has 194 valence electrons. The zero-order chi connectivity index (χ0) is 25.3. The zero-order valence-corrected chi connectivity index (χ0v) is 21.0. The molecule has 0 radical (unpaired) electrons. The Morgan fingerprint density at radius 1 is 1.09 bits per heavy atom. The van der Waals surface area contributed by atoms with Gasteiger partial charge in [0.15, 0.2) is 0 Å². The molecule has 0 aliphatic carbocycles. The maximum absolute atomic E-state index is 13.4. The van der Waals surface area contributed by atoms with Crippen LogP contribution < -0.4 is 16.0 Å². The first-order chi connectivity index (χ1) is 17.0. The standard InChI is InChI=1S/C26H38N2O7/c1-4-6-14-33-19-26(18-29)22(34-15-7-5-2)16-24(35-26)27-13-12-23(30)28(25(27)31)17-20-8-10-21(32-3)11-9-20/h8-13,22,24,29H,4-7,14-19H2,1-3H3/t22-,24+,26+/m0/s1. The molecule has 0 amide bonds. The number of methoxy groups -OCH3 is 1. The van der Waals surface area contributed by atoms with Gasteiger partial charge in [0, 0.05) is 31.9 Å². The highest BCUT2D eigenvalue weighted by Gasteiger charge is 2.50. The highest BCUT2D eigenvalue weighted by Crippen LogP contribution is 2.38. The minimum atomic E-state index is -1.08. The van der Waals surface area contributed by atoms with E-state index in [2.05, 4.69) is 13.8 Å². The van der Waals surface area contributed by atoms with E-state index in [1.54, 1.807) is 19.2 Å². The fourth-order valence-electron chi connectivity index (χ4n) is 4.17. The van der Waals surface area contributed by atoms with Gasteiger partial charge in [0.05, 0.1) is 33.0 Å². The average Bonchev–Trinajstić information content (AvgIpc) is 3.23. The van der Waals surface area contributed by atoms with Crippen LogP contribution in [0.25, 0.3) is 0 Å². The van der Waals surface area contributed by atoms with Crippen LogP contribution in [0.1, 0.15) is 57.7 Å². The molecule has 1 aliphatic heterocycles. The topological polar surface area (TPSA) is 101 Å². The molecule has 0 spiro atoms. The van der Waals surface area contributed by atoms with Gasteiger partial charge in [-0.15, -0.1) is 0 Å². The molecule has 1 N–H and O–H groups in total. The molecule has 9 heteroatoms. The third-order valence-corrected chi connectivity index (χ3v) is 6.35. The summed E-state index contributed by atoms with van der Waals surface area (Å²) in [5.41, 5.74) is -1.16. The van der Waals surface area contributed by atoms with Crippen molar-refractivity contribution in [3.8, 4) is 5.75 Å². The molecule has 2 aromatic rings. The lowest BCUT2D eigenvalue weighted by atomic mass is 9.98. The molecule has 1 aliphatic rings. The van der Waals surface area contributed by atoms with Gasteiger partial charge in [0.25, 0.3) is 5.56 Å². The summed E-state index contributed by atoms with van der Waals surface area (Å²) in [5.74, 6) is 0.696. The molecule has 3 rings (SSSR count). The van der Waals surface area contributed by atoms with E-state index in [1.165, 1.54) is 21.4 Å². The number of unbranched alkanes of at least 4 members (excludes halogenated alkanes) is 2. The van der Waals surface area contributed by atoms with Crippen LogP contribution in [0, 0.1) is 0 Å². The summed E-state index contributed by atoms with van der Waals surface area (Å²) in [4.78, 5) is 25.9. The molecule has 1 aromatic carbocycles. The van der Waals surface area contributed by atoms with E-state index < -0.39 is 29.2 Å². The summed E-state index contributed by atoms with van der Waals surface area (Å²) in [5, 5.41) is 10.3. The maximum atomic E-state index is 13.4. The Bertz CT molecular complexity index is 1030. The normalized spacial score (nSPS) is 21.9. The van der Waals surface area contributed by atoms with Crippen molar-refractivity contribution in [2.24, 2.45) is 0 Å². The number of benzene rings is 1. The van der Waals surface area contributed by atoms with Crippen molar-refractivity contribution >= 4 is 0 Å². The SMILES string of the molecule is CCCCOC[C@@]1(CO)O[C@@H](n2ccc(=O)n(Cc3ccc(OC)cc3)c2=O)C[C@@H]1OCCCC. The zero-order valence-electron chi connectivity index (χ0n) is 21.0. The molecule has 0 bridgehead atoms. The molecule has 35 heavy (non-hydrogen) atoms.